The van der Waals surface area contributed by atoms with Crippen molar-refractivity contribution >= 4 is 23.3 Å². The highest BCUT2D eigenvalue weighted by molar-refractivity contribution is 5.95. The molecule has 0 radical (unpaired) electrons. The molecule has 0 bridgehead atoms. The number of carbonyl (C=O) groups is 2. The van der Waals surface area contributed by atoms with Gasteiger partial charge in [-0.15, -0.1) is 0 Å². The lowest BCUT2D eigenvalue weighted by Crippen LogP contribution is -2.37. The van der Waals surface area contributed by atoms with Crippen LogP contribution in [0.4, 0.5) is 15.8 Å². The van der Waals surface area contributed by atoms with Gasteiger partial charge in [0.1, 0.15) is 5.82 Å². The molecule has 0 unspecified atom stereocenters. The Labute approximate surface area is 116 Å². The average Bonchev–Trinajstić information content (AvgIpc) is 2.35. The van der Waals surface area contributed by atoms with Crippen LogP contribution in [0.2, 0.25) is 0 Å². The van der Waals surface area contributed by atoms with Gasteiger partial charge in [-0.05, 0) is 19.1 Å². The van der Waals surface area contributed by atoms with Crippen LogP contribution in [-0.4, -0.2) is 49.1 Å². The number of carboxylic acid groups (broad SMARTS) is 1. The largest absolute Gasteiger partial charge is 0.478 e. The summed E-state index contributed by atoms with van der Waals surface area (Å²) in [5, 5.41) is 9.01. The Morgan fingerprint density at radius 3 is 2.40 bits per heavy atom. The number of aromatic carboxylic acids is 1. The molecule has 1 rings (SSSR count). The first-order valence-electron chi connectivity index (χ1n) is 6.05. The maximum absolute atomic E-state index is 13.9. The van der Waals surface area contributed by atoms with Gasteiger partial charge in [-0.25, -0.2) is 9.18 Å². The zero-order valence-corrected chi connectivity index (χ0v) is 11.7. The Hall–Kier alpha value is -2.31. The summed E-state index contributed by atoms with van der Waals surface area (Å²) in [5.74, 6) is -2.10. The van der Waals surface area contributed by atoms with Gasteiger partial charge in [-0.2, -0.15) is 0 Å². The van der Waals surface area contributed by atoms with E-state index in [1.54, 1.807) is 21.0 Å². The molecular weight excluding hydrogens is 265 g/mol. The van der Waals surface area contributed by atoms with E-state index >= 15 is 0 Å². The van der Waals surface area contributed by atoms with Gasteiger partial charge < -0.3 is 20.6 Å². The summed E-state index contributed by atoms with van der Waals surface area (Å²) >= 11 is 0. The second-order valence-electron chi connectivity index (χ2n) is 4.50. The van der Waals surface area contributed by atoms with Crippen LogP contribution in [0.5, 0.6) is 0 Å². The number of nitrogens with two attached hydrogens (primary N) is 1. The number of hydrogen-bond donors (Lipinski definition) is 2. The Morgan fingerprint density at radius 1 is 1.35 bits per heavy atom. The van der Waals surface area contributed by atoms with E-state index in [2.05, 4.69) is 0 Å². The molecule has 0 atom stereocenters. The molecule has 1 aromatic carbocycles. The minimum absolute atomic E-state index is 0.0383. The molecule has 0 saturated carbocycles. The van der Waals surface area contributed by atoms with E-state index < -0.39 is 11.8 Å². The van der Waals surface area contributed by atoms with E-state index in [1.807, 2.05) is 0 Å². The predicted molar refractivity (Wildman–Crippen MR) is 74.4 cm³/mol. The Kier molecular flexibility index (Phi) is 4.90. The molecule has 3 N–H and O–H groups in total. The van der Waals surface area contributed by atoms with Gasteiger partial charge in [-0.1, -0.05) is 0 Å². The van der Waals surface area contributed by atoms with Crippen molar-refractivity contribution in [3.8, 4) is 0 Å². The fraction of sp³-hybridized carbons (Fsp3) is 0.385. The van der Waals surface area contributed by atoms with Gasteiger partial charge in [0, 0.05) is 26.3 Å². The van der Waals surface area contributed by atoms with E-state index in [1.165, 1.54) is 9.80 Å². The van der Waals surface area contributed by atoms with Crippen molar-refractivity contribution in [3.63, 3.8) is 0 Å². The van der Waals surface area contributed by atoms with E-state index in [0.29, 0.717) is 6.54 Å². The predicted octanol–water partition coefficient (Wildman–Crippen LogP) is 1.02. The molecule has 1 amide bonds. The molecule has 0 heterocycles. The molecule has 110 valence electrons. The van der Waals surface area contributed by atoms with Crippen molar-refractivity contribution in [2.24, 2.45) is 0 Å². The fourth-order valence-electron chi connectivity index (χ4n) is 1.68. The number of carbonyl (C=O) groups excluding carboxylic acids is 1. The van der Waals surface area contributed by atoms with Crippen LogP contribution >= 0.6 is 0 Å². The SMILES string of the molecule is CCN(CC(=O)N(C)C)c1cc(C(=O)O)c(N)cc1F. The van der Waals surface area contributed by atoms with Gasteiger partial charge in [0.05, 0.1) is 17.8 Å². The maximum atomic E-state index is 13.9. The van der Waals surface area contributed by atoms with E-state index in [0.717, 1.165) is 12.1 Å². The number of anilines is 2. The van der Waals surface area contributed by atoms with Gasteiger partial charge >= 0.3 is 5.97 Å². The van der Waals surface area contributed by atoms with E-state index in [4.69, 9.17) is 10.8 Å². The Morgan fingerprint density at radius 2 is 1.95 bits per heavy atom. The quantitative estimate of drug-likeness (QED) is 0.788. The van der Waals surface area contributed by atoms with Crippen LogP contribution in [0.3, 0.4) is 0 Å². The standard InChI is InChI=1S/C13H18FN3O3/c1-4-17(7-12(18)16(2)3)11-5-8(13(19)20)10(15)6-9(11)14/h5-6H,4,7,15H2,1-3H3,(H,19,20). The van der Waals surface area contributed by atoms with Crippen molar-refractivity contribution < 1.29 is 19.1 Å². The van der Waals surface area contributed by atoms with Gasteiger partial charge in [-0.3, -0.25) is 4.79 Å². The highest BCUT2D eigenvalue weighted by Crippen LogP contribution is 2.25. The first-order chi connectivity index (χ1) is 9.27. The Bertz CT molecular complexity index is 532. The molecule has 0 aliphatic carbocycles. The molecule has 0 aromatic heterocycles. The first-order valence-corrected chi connectivity index (χ1v) is 6.05. The molecular formula is C13H18FN3O3. The summed E-state index contributed by atoms with van der Waals surface area (Å²) < 4.78 is 13.9. The summed E-state index contributed by atoms with van der Waals surface area (Å²) in [5.41, 5.74) is 5.19. The third-order valence-electron chi connectivity index (χ3n) is 2.90. The molecule has 0 spiro atoms. The summed E-state index contributed by atoms with van der Waals surface area (Å²) in [7, 11) is 3.19. The number of amides is 1. The number of nitrogens with zero attached hydrogens (tertiary/aromatic N) is 2. The van der Waals surface area contributed by atoms with Crippen molar-refractivity contribution in [1.82, 2.24) is 4.90 Å². The third-order valence-corrected chi connectivity index (χ3v) is 2.90. The van der Waals surface area contributed by atoms with Crippen LogP contribution in [0.1, 0.15) is 17.3 Å². The molecule has 0 fully saturated rings. The first kappa shape index (κ1) is 15.7. The van der Waals surface area contributed by atoms with Crippen LogP contribution < -0.4 is 10.6 Å². The average molecular weight is 283 g/mol. The van der Waals surface area contributed by atoms with Crippen molar-refractivity contribution in [2.75, 3.05) is 37.8 Å². The van der Waals surface area contributed by atoms with Gasteiger partial charge in [0.2, 0.25) is 5.91 Å². The zero-order chi connectivity index (χ0) is 15.4. The number of likely N-dealkylation sites (N-methyl/N-ethyl adjacent to an activating group) is 2. The monoisotopic (exact) mass is 283 g/mol. The topological polar surface area (TPSA) is 86.9 Å². The smallest absolute Gasteiger partial charge is 0.337 e. The normalized spacial score (nSPS) is 10.2. The second kappa shape index (κ2) is 6.23. The number of nitrogen functional groups attached to an aromatic ring is 1. The molecule has 1 aromatic rings. The number of hydrogen-bond acceptors (Lipinski definition) is 4. The second-order valence-corrected chi connectivity index (χ2v) is 4.50. The molecule has 20 heavy (non-hydrogen) atoms. The number of halogens is 1. The van der Waals surface area contributed by atoms with Crippen molar-refractivity contribution in [2.45, 2.75) is 6.92 Å². The van der Waals surface area contributed by atoms with Gasteiger partial charge in [0.25, 0.3) is 0 Å². The highest BCUT2D eigenvalue weighted by atomic mass is 19.1. The van der Waals surface area contributed by atoms with Crippen LogP contribution in [-0.2, 0) is 4.79 Å². The molecule has 0 saturated heterocycles. The molecule has 6 nitrogen and oxygen atoms in total. The van der Waals surface area contributed by atoms with Crippen molar-refractivity contribution in [1.29, 1.82) is 0 Å². The summed E-state index contributed by atoms with van der Waals surface area (Å²) in [4.78, 5) is 25.6. The number of rotatable bonds is 5. The Balaban J connectivity index is 3.18. The van der Waals surface area contributed by atoms with Crippen molar-refractivity contribution in [3.05, 3.63) is 23.5 Å². The zero-order valence-electron chi connectivity index (χ0n) is 11.7. The summed E-state index contributed by atoms with van der Waals surface area (Å²) in [6.45, 7) is 2.07. The van der Waals surface area contributed by atoms with Crippen LogP contribution in [0, 0.1) is 5.82 Å². The minimum atomic E-state index is -1.24. The number of benzene rings is 1. The third kappa shape index (κ3) is 3.37. The number of carboxylic acids is 1. The van der Waals surface area contributed by atoms with Crippen LogP contribution in [0.25, 0.3) is 0 Å². The van der Waals surface area contributed by atoms with Crippen LogP contribution in [0.15, 0.2) is 12.1 Å². The summed E-state index contributed by atoms with van der Waals surface area (Å²) in [6, 6.07) is 2.11. The maximum Gasteiger partial charge on any atom is 0.337 e. The lowest BCUT2D eigenvalue weighted by atomic mass is 10.1. The molecule has 0 aliphatic heterocycles. The fourth-order valence-corrected chi connectivity index (χ4v) is 1.68. The summed E-state index contributed by atoms with van der Waals surface area (Å²) in [6.07, 6.45) is 0. The lowest BCUT2D eigenvalue weighted by molar-refractivity contribution is -0.127. The molecule has 0 aliphatic rings. The molecule has 7 heteroatoms. The van der Waals surface area contributed by atoms with E-state index in [-0.39, 0.29) is 29.4 Å². The van der Waals surface area contributed by atoms with Gasteiger partial charge in [0.15, 0.2) is 0 Å². The minimum Gasteiger partial charge on any atom is -0.478 e. The van der Waals surface area contributed by atoms with E-state index in [9.17, 15) is 14.0 Å². The highest BCUT2D eigenvalue weighted by Gasteiger charge is 2.19. The lowest BCUT2D eigenvalue weighted by Gasteiger charge is -2.25.